The Hall–Kier alpha value is -1.56. The molecule has 2 rings (SSSR count). The molecule has 1 heterocycles. The van der Waals surface area contributed by atoms with Gasteiger partial charge >= 0.3 is 0 Å². The zero-order valence-electron chi connectivity index (χ0n) is 10.6. The molecule has 2 unspecified atom stereocenters. The number of rotatable bonds is 2. The Morgan fingerprint density at radius 1 is 1.41 bits per heavy atom. The van der Waals surface area contributed by atoms with E-state index in [-0.39, 0.29) is 0 Å². The first kappa shape index (κ1) is 11.9. The van der Waals surface area contributed by atoms with Gasteiger partial charge in [-0.1, -0.05) is 25.8 Å². The van der Waals surface area contributed by atoms with Crippen molar-refractivity contribution in [1.29, 1.82) is 5.26 Å². The van der Waals surface area contributed by atoms with Crippen LogP contribution in [0.25, 0.3) is 0 Å². The summed E-state index contributed by atoms with van der Waals surface area (Å²) in [7, 11) is 2.09. The maximum atomic E-state index is 8.87. The zero-order chi connectivity index (χ0) is 12.3. The Bertz CT molecular complexity index is 422. The summed E-state index contributed by atoms with van der Waals surface area (Å²) in [6, 6.07) is 8.31. The molecular weight excluding hydrogens is 210 g/mol. The second-order valence-electron chi connectivity index (χ2n) is 5.03. The average molecular weight is 229 g/mol. The number of nitriles is 1. The summed E-state index contributed by atoms with van der Waals surface area (Å²) in [5.74, 6) is 1.72. The second kappa shape index (κ2) is 5.18. The van der Waals surface area contributed by atoms with E-state index in [2.05, 4.69) is 29.9 Å². The highest BCUT2D eigenvalue weighted by Crippen LogP contribution is 2.28. The molecule has 0 saturated heterocycles. The predicted molar refractivity (Wildman–Crippen MR) is 68.8 cm³/mol. The van der Waals surface area contributed by atoms with Crippen LogP contribution in [-0.2, 0) is 0 Å². The molecular formula is C14H19N3. The van der Waals surface area contributed by atoms with Crippen molar-refractivity contribution in [1.82, 2.24) is 4.98 Å². The molecule has 90 valence electrons. The Morgan fingerprint density at radius 2 is 2.24 bits per heavy atom. The minimum Gasteiger partial charge on any atom is -0.357 e. The van der Waals surface area contributed by atoms with E-state index in [4.69, 9.17) is 5.26 Å². The van der Waals surface area contributed by atoms with Crippen molar-refractivity contribution in [2.45, 2.75) is 38.6 Å². The van der Waals surface area contributed by atoms with E-state index in [1.807, 2.05) is 12.1 Å². The van der Waals surface area contributed by atoms with Crippen LogP contribution in [0.15, 0.2) is 18.2 Å². The Labute approximate surface area is 103 Å². The van der Waals surface area contributed by atoms with Gasteiger partial charge in [-0.2, -0.15) is 5.26 Å². The largest absolute Gasteiger partial charge is 0.357 e. The molecule has 1 aliphatic rings. The summed E-state index contributed by atoms with van der Waals surface area (Å²) in [5.41, 5.74) is 0.498. The highest BCUT2D eigenvalue weighted by Gasteiger charge is 2.23. The minimum atomic E-state index is 0.498. The van der Waals surface area contributed by atoms with Crippen molar-refractivity contribution in [3.05, 3.63) is 23.9 Å². The predicted octanol–water partition coefficient (Wildman–Crippen LogP) is 2.97. The molecule has 3 heteroatoms. The van der Waals surface area contributed by atoms with Gasteiger partial charge in [0.05, 0.1) is 0 Å². The number of hydrogen-bond acceptors (Lipinski definition) is 3. The molecule has 0 bridgehead atoms. The van der Waals surface area contributed by atoms with Crippen LogP contribution < -0.4 is 4.90 Å². The van der Waals surface area contributed by atoms with Gasteiger partial charge < -0.3 is 4.90 Å². The van der Waals surface area contributed by atoms with Crippen molar-refractivity contribution in [2.24, 2.45) is 5.92 Å². The van der Waals surface area contributed by atoms with E-state index in [9.17, 15) is 0 Å². The molecule has 3 nitrogen and oxygen atoms in total. The fraction of sp³-hybridized carbons (Fsp3) is 0.571. The second-order valence-corrected chi connectivity index (χ2v) is 5.03. The summed E-state index contributed by atoms with van der Waals surface area (Å²) in [6.45, 7) is 2.32. The average Bonchev–Trinajstić information content (AvgIpc) is 2.38. The molecule has 17 heavy (non-hydrogen) atoms. The van der Waals surface area contributed by atoms with E-state index in [0.717, 1.165) is 11.7 Å². The molecule has 0 spiro atoms. The molecule has 0 N–H and O–H groups in total. The lowest BCUT2D eigenvalue weighted by molar-refractivity contribution is 0.335. The zero-order valence-corrected chi connectivity index (χ0v) is 10.6. The van der Waals surface area contributed by atoms with Crippen LogP contribution in [0, 0.1) is 17.2 Å². The van der Waals surface area contributed by atoms with Crippen LogP contribution in [0.3, 0.4) is 0 Å². The molecule has 0 aromatic carbocycles. The normalized spacial score (nSPS) is 24.1. The van der Waals surface area contributed by atoms with Crippen LogP contribution in [0.4, 0.5) is 5.82 Å². The quantitative estimate of drug-likeness (QED) is 0.782. The Balaban J connectivity index is 2.13. The summed E-state index contributed by atoms with van der Waals surface area (Å²) in [4.78, 5) is 6.59. The molecule has 1 aromatic heterocycles. The van der Waals surface area contributed by atoms with E-state index in [1.54, 1.807) is 6.07 Å². The minimum absolute atomic E-state index is 0.498. The van der Waals surface area contributed by atoms with Crippen molar-refractivity contribution in [3.63, 3.8) is 0 Å². The van der Waals surface area contributed by atoms with Gasteiger partial charge in [0, 0.05) is 13.1 Å². The summed E-state index contributed by atoms with van der Waals surface area (Å²) in [5, 5.41) is 8.87. The standard InChI is InChI=1S/C14H19N3/c1-11-5-3-7-13(9-11)17(2)14-8-4-6-12(10-15)16-14/h4,6,8,11,13H,3,5,7,9H2,1-2H3. The molecule has 0 radical (unpaired) electrons. The molecule has 1 saturated carbocycles. The number of nitrogens with zero attached hydrogens (tertiary/aromatic N) is 3. The van der Waals surface area contributed by atoms with Crippen LogP contribution in [0.2, 0.25) is 0 Å². The van der Waals surface area contributed by atoms with Crippen LogP contribution in [0.1, 0.15) is 38.3 Å². The number of anilines is 1. The van der Waals surface area contributed by atoms with Crippen molar-refractivity contribution in [3.8, 4) is 6.07 Å². The van der Waals surface area contributed by atoms with Crippen LogP contribution in [-0.4, -0.2) is 18.1 Å². The maximum absolute atomic E-state index is 8.87. The van der Waals surface area contributed by atoms with Crippen LogP contribution in [0.5, 0.6) is 0 Å². The maximum Gasteiger partial charge on any atom is 0.142 e. The fourth-order valence-electron chi connectivity index (χ4n) is 2.62. The van der Waals surface area contributed by atoms with Crippen molar-refractivity contribution >= 4 is 5.82 Å². The van der Waals surface area contributed by atoms with Gasteiger partial charge in [-0.15, -0.1) is 0 Å². The molecule has 1 aliphatic carbocycles. The van der Waals surface area contributed by atoms with E-state index < -0.39 is 0 Å². The van der Waals surface area contributed by atoms with Gasteiger partial charge in [0.2, 0.25) is 0 Å². The Morgan fingerprint density at radius 3 is 2.94 bits per heavy atom. The Kier molecular flexibility index (Phi) is 3.63. The number of pyridine rings is 1. The van der Waals surface area contributed by atoms with Gasteiger partial charge in [-0.05, 0) is 30.9 Å². The van der Waals surface area contributed by atoms with Gasteiger partial charge in [-0.3, -0.25) is 0 Å². The first-order valence-corrected chi connectivity index (χ1v) is 6.30. The lowest BCUT2D eigenvalue weighted by atomic mass is 9.86. The van der Waals surface area contributed by atoms with E-state index in [0.29, 0.717) is 11.7 Å². The van der Waals surface area contributed by atoms with E-state index in [1.165, 1.54) is 25.7 Å². The third-order valence-corrected chi connectivity index (χ3v) is 3.67. The van der Waals surface area contributed by atoms with Crippen molar-refractivity contribution in [2.75, 3.05) is 11.9 Å². The van der Waals surface area contributed by atoms with Crippen LogP contribution >= 0.6 is 0 Å². The number of hydrogen-bond donors (Lipinski definition) is 0. The highest BCUT2D eigenvalue weighted by molar-refractivity contribution is 5.41. The van der Waals surface area contributed by atoms with Gasteiger partial charge in [0.25, 0.3) is 0 Å². The first-order valence-electron chi connectivity index (χ1n) is 6.30. The lowest BCUT2D eigenvalue weighted by Gasteiger charge is -2.34. The third-order valence-electron chi connectivity index (χ3n) is 3.67. The molecule has 1 fully saturated rings. The summed E-state index contributed by atoms with van der Waals surface area (Å²) >= 11 is 0. The third kappa shape index (κ3) is 2.76. The number of aromatic nitrogens is 1. The highest BCUT2D eigenvalue weighted by atomic mass is 15.2. The molecule has 0 aliphatic heterocycles. The smallest absolute Gasteiger partial charge is 0.142 e. The lowest BCUT2D eigenvalue weighted by Crippen LogP contribution is -2.36. The topological polar surface area (TPSA) is 39.9 Å². The first-order chi connectivity index (χ1) is 8.20. The molecule has 2 atom stereocenters. The van der Waals surface area contributed by atoms with E-state index >= 15 is 0 Å². The van der Waals surface area contributed by atoms with Gasteiger partial charge in [0.15, 0.2) is 0 Å². The molecule has 0 amide bonds. The monoisotopic (exact) mass is 229 g/mol. The van der Waals surface area contributed by atoms with Gasteiger partial charge in [-0.25, -0.2) is 4.98 Å². The van der Waals surface area contributed by atoms with Crippen molar-refractivity contribution < 1.29 is 0 Å². The van der Waals surface area contributed by atoms with Gasteiger partial charge in [0.1, 0.15) is 17.6 Å². The summed E-state index contributed by atoms with van der Waals surface area (Å²) in [6.07, 6.45) is 5.11. The molecule has 1 aromatic rings. The summed E-state index contributed by atoms with van der Waals surface area (Å²) < 4.78 is 0. The fourth-order valence-corrected chi connectivity index (χ4v) is 2.62. The SMILES string of the molecule is CC1CCCC(N(C)c2cccc(C#N)n2)C1.